The maximum Gasteiger partial charge on any atom is 0.277 e. The first-order valence-corrected chi connectivity index (χ1v) is 8.30. The standard InChI is InChI=1S/C13H11BrN6O2S/c14-9-1-3-10(4-2-9)17-11(21)6-23-13-19-18-12(22-13)5-20-8-15-7-16-20/h1-4,7-8H,5-6H2,(H,17,21). The molecule has 2 aromatic heterocycles. The van der Waals surface area contributed by atoms with Crippen LogP contribution in [-0.4, -0.2) is 36.6 Å². The zero-order valence-corrected chi connectivity index (χ0v) is 14.1. The summed E-state index contributed by atoms with van der Waals surface area (Å²) in [5.74, 6) is 0.445. The van der Waals surface area contributed by atoms with Gasteiger partial charge in [0.1, 0.15) is 19.2 Å². The Morgan fingerprint density at radius 3 is 2.87 bits per heavy atom. The van der Waals surface area contributed by atoms with Crippen molar-refractivity contribution < 1.29 is 9.21 Å². The van der Waals surface area contributed by atoms with Crippen LogP contribution in [0.2, 0.25) is 0 Å². The molecule has 2 heterocycles. The van der Waals surface area contributed by atoms with Crippen LogP contribution in [0.15, 0.2) is 51.0 Å². The molecular formula is C13H11BrN6O2S. The molecule has 0 bridgehead atoms. The first kappa shape index (κ1) is 15.7. The first-order valence-electron chi connectivity index (χ1n) is 6.52. The zero-order valence-electron chi connectivity index (χ0n) is 11.7. The van der Waals surface area contributed by atoms with E-state index in [2.05, 4.69) is 41.5 Å². The Kier molecular flexibility index (Phi) is 5.03. The van der Waals surface area contributed by atoms with Gasteiger partial charge in [-0.15, -0.1) is 10.2 Å². The lowest BCUT2D eigenvalue weighted by Gasteiger charge is -2.03. The molecule has 1 N–H and O–H groups in total. The molecule has 1 aromatic carbocycles. The van der Waals surface area contributed by atoms with Gasteiger partial charge < -0.3 is 9.73 Å². The minimum atomic E-state index is -0.145. The highest BCUT2D eigenvalue weighted by molar-refractivity contribution is 9.10. The van der Waals surface area contributed by atoms with Gasteiger partial charge in [0.2, 0.25) is 11.8 Å². The van der Waals surface area contributed by atoms with E-state index >= 15 is 0 Å². The summed E-state index contributed by atoms with van der Waals surface area (Å²) in [5, 5.41) is 14.9. The Morgan fingerprint density at radius 1 is 1.30 bits per heavy atom. The van der Waals surface area contributed by atoms with Gasteiger partial charge in [0.25, 0.3) is 5.22 Å². The highest BCUT2D eigenvalue weighted by Gasteiger charge is 2.10. The third-order valence-electron chi connectivity index (χ3n) is 2.67. The second kappa shape index (κ2) is 7.38. The Hall–Kier alpha value is -2.20. The molecule has 1 amide bonds. The number of aromatic nitrogens is 5. The molecular weight excluding hydrogens is 384 g/mol. The lowest BCUT2D eigenvalue weighted by atomic mass is 10.3. The number of thioether (sulfide) groups is 1. The van der Waals surface area contributed by atoms with E-state index in [1.807, 2.05) is 24.3 Å². The number of nitrogens with one attached hydrogen (secondary N) is 1. The van der Waals surface area contributed by atoms with Crippen LogP contribution in [0.5, 0.6) is 0 Å². The molecule has 0 spiro atoms. The van der Waals surface area contributed by atoms with Crippen molar-refractivity contribution in [3.05, 3.63) is 47.3 Å². The summed E-state index contributed by atoms with van der Waals surface area (Å²) in [5.41, 5.74) is 0.733. The summed E-state index contributed by atoms with van der Waals surface area (Å²) in [6, 6.07) is 7.35. The molecule has 3 rings (SSSR count). The molecule has 0 atom stereocenters. The van der Waals surface area contributed by atoms with Gasteiger partial charge in [-0.05, 0) is 24.3 Å². The molecule has 3 aromatic rings. The Morgan fingerprint density at radius 2 is 2.13 bits per heavy atom. The molecule has 0 saturated heterocycles. The normalized spacial score (nSPS) is 10.7. The smallest absolute Gasteiger partial charge is 0.277 e. The van der Waals surface area contributed by atoms with E-state index in [-0.39, 0.29) is 11.7 Å². The Bertz CT molecular complexity index is 774. The van der Waals surface area contributed by atoms with Gasteiger partial charge in [0.15, 0.2) is 0 Å². The van der Waals surface area contributed by atoms with Crippen LogP contribution in [0.1, 0.15) is 5.89 Å². The molecule has 0 aliphatic rings. The number of hydrogen-bond acceptors (Lipinski definition) is 7. The van der Waals surface area contributed by atoms with E-state index in [1.165, 1.54) is 18.1 Å². The largest absolute Gasteiger partial charge is 0.414 e. The van der Waals surface area contributed by atoms with Gasteiger partial charge in [-0.2, -0.15) is 5.10 Å². The molecule has 8 nitrogen and oxygen atoms in total. The number of hydrogen-bond donors (Lipinski definition) is 1. The minimum absolute atomic E-state index is 0.145. The lowest BCUT2D eigenvalue weighted by molar-refractivity contribution is -0.113. The second-order valence-electron chi connectivity index (χ2n) is 4.40. The molecule has 0 aliphatic carbocycles. The van der Waals surface area contributed by atoms with Crippen LogP contribution in [0.4, 0.5) is 5.69 Å². The Labute approximate surface area is 143 Å². The van der Waals surface area contributed by atoms with Crippen molar-refractivity contribution in [2.45, 2.75) is 11.8 Å². The number of benzene rings is 1. The van der Waals surface area contributed by atoms with Crippen LogP contribution < -0.4 is 5.32 Å². The van der Waals surface area contributed by atoms with Crippen molar-refractivity contribution in [3.63, 3.8) is 0 Å². The number of nitrogens with zero attached hydrogens (tertiary/aromatic N) is 5. The summed E-state index contributed by atoms with van der Waals surface area (Å²) in [7, 11) is 0. The highest BCUT2D eigenvalue weighted by atomic mass is 79.9. The second-order valence-corrected chi connectivity index (χ2v) is 6.24. The molecule has 23 heavy (non-hydrogen) atoms. The van der Waals surface area contributed by atoms with Crippen molar-refractivity contribution in [1.82, 2.24) is 25.0 Å². The quantitative estimate of drug-likeness (QED) is 0.639. The summed E-state index contributed by atoms with van der Waals surface area (Å²) in [6.07, 6.45) is 2.99. The molecule has 0 fully saturated rings. The number of carbonyl (C=O) groups is 1. The van der Waals surface area contributed by atoms with Crippen molar-refractivity contribution in [1.29, 1.82) is 0 Å². The van der Waals surface area contributed by atoms with Gasteiger partial charge in [-0.3, -0.25) is 4.79 Å². The van der Waals surface area contributed by atoms with Crippen LogP contribution >= 0.6 is 27.7 Å². The maximum absolute atomic E-state index is 11.9. The fraction of sp³-hybridized carbons (Fsp3) is 0.154. The Balaban J connectivity index is 1.49. The monoisotopic (exact) mass is 394 g/mol. The summed E-state index contributed by atoms with van der Waals surface area (Å²) in [4.78, 5) is 15.7. The van der Waals surface area contributed by atoms with E-state index in [0.717, 1.165) is 10.2 Å². The fourth-order valence-corrected chi connectivity index (χ4v) is 2.52. The average Bonchev–Trinajstić information content (AvgIpc) is 3.20. The SMILES string of the molecule is O=C(CSc1nnc(Cn2cncn2)o1)Nc1ccc(Br)cc1. The van der Waals surface area contributed by atoms with E-state index in [0.29, 0.717) is 17.7 Å². The maximum atomic E-state index is 11.9. The van der Waals surface area contributed by atoms with E-state index < -0.39 is 0 Å². The van der Waals surface area contributed by atoms with Crippen molar-refractivity contribution >= 4 is 39.3 Å². The number of halogens is 1. The van der Waals surface area contributed by atoms with Gasteiger partial charge in [0, 0.05) is 10.2 Å². The minimum Gasteiger partial charge on any atom is -0.414 e. The summed E-state index contributed by atoms with van der Waals surface area (Å²) in [6.45, 7) is 0.346. The number of anilines is 1. The van der Waals surface area contributed by atoms with Crippen LogP contribution in [-0.2, 0) is 11.3 Å². The van der Waals surface area contributed by atoms with Gasteiger partial charge in [-0.25, -0.2) is 9.67 Å². The molecule has 10 heteroatoms. The summed E-state index contributed by atoms with van der Waals surface area (Å²) >= 11 is 4.52. The van der Waals surface area contributed by atoms with E-state index in [4.69, 9.17) is 4.42 Å². The van der Waals surface area contributed by atoms with Gasteiger partial charge in [0.05, 0.1) is 5.75 Å². The number of rotatable bonds is 6. The van der Waals surface area contributed by atoms with Crippen molar-refractivity contribution in [3.8, 4) is 0 Å². The van der Waals surface area contributed by atoms with Gasteiger partial charge >= 0.3 is 0 Å². The van der Waals surface area contributed by atoms with E-state index in [1.54, 1.807) is 11.0 Å². The van der Waals surface area contributed by atoms with Crippen LogP contribution in [0.25, 0.3) is 0 Å². The molecule has 0 saturated carbocycles. The van der Waals surface area contributed by atoms with Crippen LogP contribution in [0.3, 0.4) is 0 Å². The molecule has 0 unspecified atom stereocenters. The molecule has 118 valence electrons. The highest BCUT2D eigenvalue weighted by Crippen LogP contribution is 2.18. The number of carbonyl (C=O) groups excluding carboxylic acids is 1. The third kappa shape index (κ3) is 4.63. The third-order valence-corrected chi connectivity index (χ3v) is 4.01. The van der Waals surface area contributed by atoms with E-state index in [9.17, 15) is 4.79 Å². The summed E-state index contributed by atoms with van der Waals surface area (Å²) < 4.78 is 7.97. The van der Waals surface area contributed by atoms with Crippen molar-refractivity contribution in [2.24, 2.45) is 0 Å². The molecule has 0 aliphatic heterocycles. The van der Waals surface area contributed by atoms with Gasteiger partial charge in [-0.1, -0.05) is 27.7 Å². The first-order chi connectivity index (χ1) is 11.2. The topological polar surface area (TPSA) is 98.7 Å². The average molecular weight is 395 g/mol. The zero-order chi connectivity index (χ0) is 16.1. The predicted octanol–water partition coefficient (Wildman–Crippen LogP) is 2.20. The van der Waals surface area contributed by atoms with Crippen LogP contribution in [0, 0.1) is 0 Å². The number of amides is 1. The lowest BCUT2D eigenvalue weighted by Crippen LogP contribution is -2.13. The van der Waals surface area contributed by atoms with Crippen molar-refractivity contribution in [2.75, 3.05) is 11.1 Å². The fourth-order valence-electron chi connectivity index (χ4n) is 1.67. The molecule has 0 radical (unpaired) electrons. The predicted molar refractivity (Wildman–Crippen MR) is 86.9 cm³/mol.